The van der Waals surface area contributed by atoms with E-state index in [1.165, 1.54) is 0 Å². The number of carboxylic acids is 1. The molecule has 2 amide bonds. The van der Waals surface area contributed by atoms with Crippen LogP contribution in [0.5, 0.6) is 0 Å². The van der Waals surface area contributed by atoms with Crippen molar-refractivity contribution < 1.29 is 28.6 Å². The van der Waals surface area contributed by atoms with Crippen molar-refractivity contribution in [1.29, 1.82) is 0 Å². The lowest BCUT2D eigenvalue weighted by molar-refractivity contribution is -0.146. The molecule has 0 aliphatic rings. The van der Waals surface area contributed by atoms with Crippen molar-refractivity contribution >= 4 is 12.0 Å². The van der Waals surface area contributed by atoms with Crippen LogP contribution < -0.4 is 5.32 Å². The maximum absolute atomic E-state index is 11.8. The Morgan fingerprint density at radius 2 is 2.00 bits per heavy atom. The first-order valence-corrected chi connectivity index (χ1v) is 4.02. The number of nitrogens with one attached hydrogen (secondary N) is 1. The molecule has 0 rings (SSSR count). The van der Waals surface area contributed by atoms with E-state index >= 15 is 0 Å². The summed E-state index contributed by atoms with van der Waals surface area (Å²) in [5, 5.41) is 19.0. The number of nitrogens with zero attached hydrogens (tertiary/aromatic N) is 1. The van der Waals surface area contributed by atoms with Crippen LogP contribution in [0.25, 0.3) is 0 Å². The van der Waals surface area contributed by atoms with E-state index in [9.17, 15) is 18.4 Å². The molecule has 0 saturated carbocycles. The average Bonchev–Trinajstić information content (AvgIpc) is 2.12. The van der Waals surface area contributed by atoms with Crippen LogP contribution in [0.15, 0.2) is 0 Å². The Morgan fingerprint density at radius 1 is 1.47 bits per heavy atom. The monoisotopic (exact) mass is 226 g/mol. The van der Waals surface area contributed by atoms with Gasteiger partial charge >= 0.3 is 12.0 Å². The Labute approximate surface area is 84.5 Å². The molecule has 0 unspecified atom stereocenters. The van der Waals surface area contributed by atoms with Gasteiger partial charge in [0.15, 0.2) is 6.10 Å². The third kappa shape index (κ3) is 5.78. The maximum atomic E-state index is 11.8. The Hall–Kier alpha value is -1.44. The molecule has 88 valence electrons. The first-order valence-electron chi connectivity index (χ1n) is 4.02. The number of aliphatic carboxylic acids is 1. The summed E-state index contributed by atoms with van der Waals surface area (Å²) in [7, 11) is 1.13. The number of aliphatic hydroxyl groups excluding tert-OH is 1. The summed E-state index contributed by atoms with van der Waals surface area (Å²) in [6.07, 6.45) is -4.40. The summed E-state index contributed by atoms with van der Waals surface area (Å²) >= 11 is 0. The van der Waals surface area contributed by atoms with E-state index in [2.05, 4.69) is 0 Å². The summed E-state index contributed by atoms with van der Waals surface area (Å²) in [6, 6.07) is -0.865. The lowest BCUT2D eigenvalue weighted by atomic mass is 10.3. The molecule has 1 atom stereocenters. The van der Waals surface area contributed by atoms with Gasteiger partial charge in [-0.05, 0) is 0 Å². The summed E-state index contributed by atoms with van der Waals surface area (Å²) in [4.78, 5) is 21.8. The predicted octanol–water partition coefficient (Wildman–Crippen LogP) is -0.662. The fourth-order valence-electron chi connectivity index (χ4n) is 0.696. The molecule has 6 nitrogen and oxygen atoms in total. The third-order valence-electron chi connectivity index (χ3n) is 1.49. The number of rotatable bonds is 5. The molecule has 0 aromatic heterocycles. The van der Waals surface area contributed by atoms with Gasteiger partial charge in [-0.15, -0.1) is 0 Å². The molecule has 0 aliphatic heterocycles. The highest BCUT2D eigenvalue weighted by Crippen LogP contribution is 1.95. The predicted molar refractivity (Wildman–Crippen MR) is 45.7 cm³/mol. The lowest BCUT2D eigenvalue weighted by Gasteiger charge is -2.17. The van der Waals surface area contributed by atoms with Crippen molar-refractivity contribution in [3.63, 3.8) is 0 Å². The van der Waals surface area contributed by atoms with Crippen molar-refractivity contribution in [2.24, 2.45) is 0 Å². The zero-order chi connectivity index (χ0) is 12.0. The van der Waals surface area contributed by atoms with E-state index in [0.29, 0.717) is 4.90 Å². The highest BCUT2D eigenvalue weighted by atomic mass is 19.3. The molecule has 0 aromatic rings. The van der Waals surface area contributed by atoms with E-state index in [1.54, 1.807) is 0 Å². The van der Waals surface area contributed by atoms with Crippen molar-refractivity contribution in [2.75, 3.05) is 20.1 Å². The van der Waals surface area contributed by atoms with Gasteiger partial charge in [-0.25, -0.2) is 18.4 Å². The minimum Gasteiger partial charge on any atom is -0.479 e. The van der Waals surface area contributed by atoms with Crippen LogP contribution in [0.1, 0.15) is 0 Å². The van der Waals surface area contributed by atoms with Crippen molar-refractivity contribution in [1.82, 2.24) is 10.2 Å². The normalized spacial score (nSPS) is 12.3. The zero-order valence-corrected chi connectivity index (χ0v) is 7.98. The summed E-state index contributed by atoms with van der Waals surface area (Å²) in [6.45, 7) is -1.28. The number of carbonyl (C=O) groups is 2. The number of halogens is 2. The van der Waals surface area contributed by atoms with Gasteiger partial charge in [-0.1, -0.05) is 0 Å². The summed E-state index contributed by atoms with van der Waals surface area (Å²) in [5.74, 6) is -1.49. The van der Waals surface area contributed by atoms with Crippen LogP contribution >= 0.6 is 0 Å². The van der Waals surface area contributed by atoms with Crippen LogP contribution in [0.3, 0.4) is 0 Å². The second-order valence-electron chi connectivity index (χ2n) is 2.81. The maximum Gasteiger partial charge on any atom is 0.334 e. The van der Waals surface area contributed by atoms with Gasteiger partial charge in [0.2, 0.25) is 0 Å². The van der Waals surface area contributed by atoms with Crippen LogP contribution in [0.2, 0.25) is 0 Å². The number of carbonyl (C=O) groups excluding carboxylic acids is 1. The van der Waals surface area contributed by atoms with Crippen LogP contribution in [0, 0.1) is 0 Å². The molecule has 0 saturated heterocycles. The average molecular weight is 226 g/mol. The Bertz CT molecular complexity index is 237. The quantitative estimate of drug-likeness (QED) is 0.580. The Morgan fingerprint density at radius 3 is 2.40 bits per heavy atom. The standard InChI is InChI=1S/C7H12F2N2O4/c1-11(3-5(8)9)7(15)10-2-4(12)6(13)14/h4-5,12H,2-3H2,1H3,(H,10,15)(H,13,14)/t4-/m0/s1. The van der Waals surface area contributed by atoms with Gasteiger partial charge in [0.25, 0.3) is 6.43 Å². The molecular formula is C7H12F2N2O4. The fraction of sp³-hybridized carbons (Fsp3) is 0.714. The molecule has 0 aromatic carbocycles. The fourth-order valence-corrected chi connectivity index (χ4v) is 0.696. The van der Waals surface area contributed by atoms with Crippen molar-refractivity contribution in [3.05, 3.63) is 0 Å². The SMILES string of the molecule is CN(CC(F)F)C(=O)NC[C@H](O)C(=O)O. The minimum absolute atomic E-state index is 0.526. The molecule has 0 heterocycles. The van der Waals surface area contributed by atoms with Crippen LogP contribution in [-0.2, 0) is 4.79 Å². The van der Waals surface area contributed by atoms with Gasteiger partial charge in [-0.3, -0.25) is 0 Å². The van der Waals surface area contributed by atoms with Gasteiger partial charge in [0, 0.05) is 7.05 Å². The number of alkyl halides is 2. The molecule has 15 heavy (non-hydrogen) atoms. The van der Waals surface area contributed by atoms with Crippen molar-refractivity contribution in [2.45, 2.75) is 12.5 Å². The first-order chi connectivity index (χ1) is 6.84. The summed E-state index contributed by atoms with van der Waals surface area (Å²) in [5.41, 5.74) is 0. The Balaban J connectivity index is 3.88. The van der Waals surface area contributed by atoms with Crippen LogP contribution in [0.4, 0.5) is 13.6 Å². The number of hydrogen-bond acceptors (Lipinski definition) is 3. The highest BCUT2D eigenvalue weighted by molar-refractivity contribution is 5.76. The number of hydrogen-bond donors (Lipinski definition) is 3. The smallest absolute Gasteiger partial charge is 0.334 e. The van der Waals surface area contributed by atoms with E-state index in [4.69, 9.17) is 10.2 Å². The van der Waals surface area contributed by atoms with Gasteiger partial charge in [-0.2, -0.15) is 0 Å². The summed E-state index contributed by atoms with van der Waals surface area (Å²) < 4.78 is 23.6. The molecule has 0 radical (unpaired) electrons. The van der Waals surface area contributed by atoms with E-state index in [0.717, 1.165) is 7.05 Å². The number of aliphatic hydroxyl groups is 1. The number of urea groups is 1. The zero-order valence-electron chi connectivity index (χ0n) is 7.98. The third-order valence-corrected chi connectivity index (χ3v) is 1.49. The number of carboxylic acid groups (broad SMARTS) is 1. The van der Waals surface area contributed by atoms with Gasteiger partial charge in [0.1, 0.15) is 0 Å². The Kier molecular flexibility index (Phi) is 5.53. The number of amides is 2. The molecular weight excluding hydrogens is 214 g/mol. The molecule has 0 spiro atoms. The van der Waals surface area contributed by atoms with E-state index < -0.39 is 37.6 Å². The topological polar surface area (TPSA) is 89.9 Å². The van der Waals surface area contributed by atoms with Gasteiger partial charge < -0.3 is 20.4 Å². The van der Waals surface area contributed by atoms with Crippen LogP contribution in [-0.4, -0.2) is 59.8 Å². The van der Waals surface area contributed by atoms with E-state index in [1.807, 2.05) is 5.32 Å². The van der Waals surface area contributed by atoms with Crippen molar-refractivity contribution in [3.8, 4) is 0 Å². The molecule has 0 bridgehead atoms. The second kappa shape index (κ2) is 6.12. The molecule has 3 N–H and O–H groups in total. The second-order valence-corrected chi connectivity index (χ2v) is 2.81. The molecule has 0 fully saturated rings. The van der Waals surface area contributed by atoms with E-state index in [-0.39, 0.29) is 0 Å². The largest absolute Gasteiger partial charge is 0.479 e. The lowest BCUT2D eigenvalue weighted by Crippen LogP contribution is -2.44. The van der Waals surface area contributed by atoms with Gasteiger partial charge in [0.05, 0.1) is 13.1 Å². The molecule has 0 aliphatic carbocycles. The molecule has 8 heteroatoms. The minimum atomic E-state index is -2.66. The first kappa shape index (κ1) is 13.6. The highest BCUT2D eigenvalue weighted by Gasteiger charge is 2.17.